The van der Waals surface area contributed by atoms with E-state index in [-0.39, 0.29) is 30.4 Å². The van der Waals surface area contributed by atoms with E-state index in [0.717, 1.165) is 44.5 Å². The largest absolute Gasteiger partial charge is 0.342 e. The molecule has 3 aliphatic rings. The Morgan fingerprint density at radius 2 is 1.59 bits per heavy atom. The molecule has 4 N–H and O–H groups in total. The second kappa shape index (κ2) is 9.81. The molecule has 2 unspecified atom stereocenters. The predicted octanol–water partition coefficient (Wildman–Crippen LogP) is 3.37. The molecule has 2 aliphatic carbocycles. The van der Waals surface area contributed by atoms with Crippen LogP contribution in [0.1, 0.15) is 44.9 Å². The molecule has 1 aliphatic heterocycles. The van der Waals surface area contributed by atoms with Gasteiger partial charge in [0, 0.05) is 36.8 Å². The molecule has 2 saturated carbocycles. The van der Waals surface area contributed by atoms with E-state index in [9.17, 15) is 9.59 Å². The average Bonchev–Trinajstić information content (AvgIpc) is 2.68. The number of nitrogens with zero attached hydrogens (tertiary/aromatic N) is 1. The van der Waals surface area contributed by atoms with Crippen LogP contribution in [0, 0.1) is 17.8 Å². The van der Waals surface area contributed by atoms with Crippen molar-refractivity contribution in [2.75, 3.05) is 18.4 Å². The first-order valence-corrected chi connectivity index (χ1v) is 10.8. The van der Waals surface area contributed by atoms with Crippen LogP contribution in [-0.4, -0.2) is 42.0 Å². The van der Waals surface area contributed by atoms with Crippen LogP contribution in [0.3, 0.4) is 0 Å². The molecule has 2 bridgehead atoms. The normalized spacial score (nSPS) is 29.5. The average molecular weight is 421 g/mol. The van der Waals surface area contributed by atoms with Gasteiger partial charge in [-0.2, -0.15) is 0 Å². The summed E-state index contributed by atoms with van der Waals surface area (Å²) in [6, 6.07) is 9.69. The number of benzene rings is 1. The quantitative estimate of drug-likeness (QED) is 0.700. The number of carbonyl (C=O) groups excluding carboxylic acids is 2. The zero-order chi connectivity index (χ0) is 19.5. The Labute approximate surface area is 179 Å². The Hall–Kier alpha value is -1.79. The molecule has 7 heteroatoms. The van der Waals surface area contributed by atoms with Gasteiger partial charge < -0.3 is 21.3 Å². The van der Waals surface area contributed by atoms with E-state index in [2.05, 4.69) is 10.6 Å². The molecule has 4 rings (SSSR count). The molecule has 1 saturated heterocycles. The molecular weight excluding hydrogens is 388 g/mol. The molecule has 1 aromatic carbocycles. The van der Waals surface area contributed by atoms with E-state index in [1.807, 2.05) is 35.2 Å². The number of likely N-dealkylation sites (tertiary alicyclic amines) is 1. The number of para-hydroxylation sites is 1. The number of piperidine rings is 1. The summed E-state index contributed by atoms with van der Waals surface area (Å²) < 4.78 is 0. The fourth-order valence-corrected chi connectivity index (χ4v) is 5.37. The lowest BCUT2D eigenvalue weighted by Crippen LogP contribution is -2.52. The summed E-state index contributed by atoms with van der Waals surface area (Å²) in [7, 11) is 0. The van der Waals surface area contributed by atoms with Gasteiger partial charge in [0.1, 0.15) is 0 Å². The minimum Gasteiger partial charge on any atom is -0.342 e. The number of fused-ring (bicyclic) bond motifs is 2. The molecule has 160 valence electrons. The van der Waals surface area contributed by atoms with Gasteiger partial charge >= 0.3 is 6.03 Å². The van der Waals surface area contributed by atoms with E-state index in [0.29, 0.717) is 23.8 Å². The Morgan fingerprint density at radius 3 is 2.21 bits per heavy atom. The van der Waals surface area contributed by atoms with Crippen molar-refractivity contribution < 1.29 is 9.59 Å². The first-order valence-electron chi connectivity index (χ1n) is 10.8. The maximum atomic E-state index is 13.0. The SMILES string of the molecule is Cl.NC1C2CCCC1CC(C(=O)N1CCC(NC(=O)Nc3ccccc3)CC1)C2. The lowest BCUT2D eigenvalue weighted by atomic mass is 9.65. The van der Waals surface area contributed by atoms with E-state index < -0.39 is 0 Å². The van der Waals surface area contributed by atoms with Crippen LogP contribution in [0.2, 0.25) is 0 Å². The molecule has 0 aromatic heterocycles. The van der Waals surface area contributed by atoms with Crippen LogP contribution in [-0.2, 0) is 4.79 Å². The second-order valence-corrected chi connectivity index (χ2v) is 8.76. The van der Waals surface area contributed by atoms with Crippen LogP contribution in [0.5, 0.6) is 0 Å². The Balaban J connectivity index is 0.00000240. The highest BCUT2D eigenvalue weighted by atomic mass is 35.5. The number of nitrogens with one attached hydrogen (secondary N) is 2. The van der Waals surface area contributed by atoms with Crippen molar-refractivity contribution in [3.8, 4) is 0 Å². The van der Waals surface area contributed by atoms with Gasteiger partial charge in [0.15, 0.2) is 0 Å². The van der Waals surface area contributed by atoms with Crippen LogP contribution in [0.25, 0.3) is 0 Å². The van der Waals surface area contributed by atoms with Crippen molar-refractivity contribution in [3.05, 3.63) is 30.3 Å². The number of nitrogens with two attached hydrogens (primary N) is 1. The maximum Gasteiger partial charge on any atom is 0.319 e. The topological polar surface area (TPSA) is 87.5 Å². The maximum absolute atomic E-state index is 13.0. The van der Waals surface area contributed by atoms with Crippen molar-refractivity contribution in [3.63, 3.8) is 0 Å². The molecule has 0 radical (unpaired) electrons. The van der Waals surface area contributed by atoms with Crippen molar-refractivity contribution in [2.45, 2.75) is 57.0 Å². The third-order valence-corrected chi connectivity index (χ3v) is 6.94. The van der Waals surface area contributed by atoms with Crippen LogP contribution >= 0.6 is 12.4 Å². The van der Waals surface area contributed by atoms with Crippen LogP contribution in [0.15, 0.2) is 30.3 Å². The first kappa shape index (κ1) is 21.9. The standard InChI is InChI=1S/C22H32N4O2.ClH/c23-20-15-5-4-6-16(20)14-17(13-15)21(27)26-11-9-19(10-12-26)25-22(28)24-18-7-2-1-3-8-18;/h1-3,7-8,15-17,19-20H,4-6,9-14,23H2,(H2,24,25,28);1H. The molecule has 29 heavy (non-hydrogen) atoms. The lowest BCUT2D eigenvalue weighted by Gasteiger charge is -2.45. The number of rotatable bonds is 3. The fourth-order valence-electron chi connectivity index (χ4n) is 5.37. The number of halogens is 1. The molecule has 1 heterocycles. The number of carbonyl (C=O) groups is 2. The van der Waals surface area contributed by atoms with Gasteiger partial charge in [-0.05, 0) is 62.5 Å². The molecular formula is C22H33ClN4O2. The van der Waals surface area contributed by atoms with Crippen molar-refractivity contribution in [1.82, 2.24) is 10.2 Å². The van der Waals surface area contributed by atoms with Crippen LogP contribution < -0.4 is 16.4 Å². The predicted molar refractivity (Wildman–Crippen MR) is 117 cm³/mol. The lowest BCUT2D eigenvalue weighted by molar-refractivity contribution is -0.139. The highest BCUT2D eigenvalue weighted by Gasteiger charge is 2.42. The number of hydrogen-bond acceptors (Lipinski definition) is 3. The van der Waals surface area contributed by atoms with Crippen molar-refractivity contribution in [1.29, 1.82) is 0 Å². The molecule has 1 aromatic rings. The second-order valence-electron chi connectivity index (χ2n) is 8.76. The first-order chi connectivity index (χ1) is 13.6. The van der Waals surface area contributed by atoms with E-state index >= 15 is 0 Å². The summed E-state index contributed by atoms with van der Waals surface area (Å²) in [6.45, 7) is 1.46. The number of urea groups is 1. The summed E-state index contributed by atoms with van der Waals surface area (Å²) in [6.07, 6.45) is 7.20. The highest BCUT2D eigenvalue weighted by Crippen LogP contribution is 2.42. The van der Waals surface area contributed by atoms with Gasteiger partial charge in [-0.15, -0.1) is 12.4 Å². The summed E-state index contributed by atoms with van der Waals surface area (Å²) in [5.41, 5.74) is 7.16. The van der Waals surface area contributed by atoms with Gasteiger partial charge in [0.25, 0.3) is 0 Å². The Kier molecular flexibility index (Phi) is 7.41. The molecule has 2 atom stereocenters. The minimum atomic E-state index is -0.176. The zero-order valence-corrected chi connectivity index (χ0v) is 17.7. The van der Waals surface area contributed by atoms with Gasteiger partial charge in [-0.1, -0.05) is 24.6 Å². The Bertz CT molecular complexity index is 679. The number of hydrogen-bond donors (Lipinski definition) is 3. The van der Waals surface area contributed by atoms with Gasteiger partial charge in [-0.25, -0.2) is 4.79 Å². The van der Waals surface area contributed by atoms with E-state index in [1.54, 1.807) is 0 Å². The summed E-state index contributed by atoms with van der Waals surface area (Å²) in [4.78, 5) is 27.2. The summed E-state index contributed by atoms with van der Waals surface area (Å²) in [5.74, 6) is 1.53. The molecule has 6 nitrogen and oxygen atoms in total. The molecule has 3 amide bonds. The molecule has 0 spiro atoms. The third kappa shape index (κ3) is 5.23. The third-order valence-electron chi connectivity index (χ3n) is 6.94. The van der Waals surface area contributed by atoms with Crippen molar-refractivity contribution >= 4 is 30.0 Å². The number of anilines is 1. The van der Waals surface area contributed by atoms with E-state index in [1.165, 1.54) is 19.3 Å². The molecule has 3 fully saturated rings. The minimum absolute atomic E-state index is 0. The highest BCUT2D eigenvalue weighted by molar-refractivity contribution is 5.89. The zero-order valence-electron chi connectivity index (χ0n) is 16.9. The smallest absolute Gasteiger partial charge is 0.319 e. The fraction of sp³-hybridized carbons (Fsp3) is 0.636. The van der Waals surface area contributed by atoms with E-state index in [4.69, 9.17) is 5.73 Å². The van der Waals surface area contributed by atoms with Crippen molar-refractivity contribution in [2.24, 2.45) is 23.5 Å². The summed E-state index contributed by atoms with van der Waals surface area (Å²) >= 11 is 0. The van der Waals surface area contributed by atoms with Gasteiger partial charge in [0.05, 0.1) is 0 Å². The Morgan fingerprint density at radius 1 is 0.966 bits per heavy atom. The summed E-state index contributed by atoms with van der Waals surface area (Å²) in [5, 5.41) is 5.90. The van der Waals surface area contributed by atoms with Gasteiger partial charge in [0.2, 0.25) is 5.91 Å². The van der Waals surface area contributed by atoms with Gasteiger partial charge in [-0.3, -0.25) is 4.79 Å². The number of amides is 3. The monoisotopic (exact) mass is 420 g/mol. The van der Waals surface area contributed by atoms with Crippen LogP contribution in [0.4, 0.5) is 10.5 Å².